The third-order valence-corrected chi connectivity index (χ3v) is 3.54. The Balaban J connectivity index is 1.69. The molecular formula is C18H18N4O. The molecule has 0 aliphatic heterocycles. The second-order valence-electron chi connectivity index (χ2n) is 5.38. The minimum Gasteiger partial charge on any atom is -0.355 e. The zero-order chi connectivity index (χ0) is 16.1. The molecule has 0 aliphatic carbocycles. The molecule has 5 nitrogen and oxygen atoms in total. The standard InChI is InChI=1S/C18H18N4O/c1-13-2-4-14(5-3-13)6-11-20-18-21-16(12-17(23)22-18)15-7-9-19-10-8-15/h2-5,7-10,12H,6,11H2,1H3,(H2,20,21,22,23). The number of rotatable bonds is 5. The van der Waals surface area contributed by atoms with Crippen LogP contribution in [0.1, 0.15) is 11.1 Å². The number of aromatic nitrogens is 3. The summed E-state index contributed by atoms with van der Waals surface area (Å²) in [7, 11) is 0. The molecule has 23 heavy (non-hydrogen) atoms. The van der Waals surface area contributed by atoms with Crippen LogP contribution in [0, 0.1) is 6.92 Å². The summed E-state index contributed by atoms with van der Waals surface area (Å²) in [5.41, 5.74) is 3.82. The molecule has 3 rings (SSSR count). The molecule has 2 N–H and O–H groups in total. The summed E-state index contributed by atoms with van der Waals surface area (Å²) < 4.78 is 0. The zero-order valence-corrected chi connectivity index (χ0v) is 12.9. The Morgan fingerprint density at radius 2 is 1.83 bits per heavy atom. The molecule has 0 fully saturated rings. The maximum absolute atomic E-state index is 11.8. The van der Waals surface area contributed by atoms with Crippen molar-refractivity contribution in [3.8, 4) is 11.3 Å². The number of hydrogen-bond acceptors (Lipinski definition) is 4. The number of aromatic amines is 1. The van der Waals surface area contributed by atoms with E-state index in [0.29, 0.717) is 18.2 Å². The normalized spacial score (nSPS) is 10.5. The van der Waals surface area contributed by atoms with Crippen molar-refractivity contribution >= 4 is 5.95 Å². The summed E-state index contributed by atoms with van der Waals surface area (Å²) in [4.78, 5) is 23.0. The number of anilines is 1. The van der Waals surface area contributed by atoms with Gasteiger partial charge in [0.1, 0.15) is 0 Å². The molecule has 0 spiro atoms. The molecule has 0 unspecified atom stereocenters. The number of hydrogen-bond donors (Lipinski definition) is 2. The molecule has 0 atom stereocenters. The van der Waals surface area contributed by atoms with E-state index in [-0.39, 0.29) is 5.56 Å². The second-order valence-corrected chi connectivity index (χ2v) is 5.38. The highest BCUT2D eigenvalue weighted by molar-refractivity contribution is 5.58. The van der Waals surface area contributed by atoms with Crippen molar-refractivity contribution in [2.45, 2.75) is 13.3 Å². The van der Waals surface area contributed by atoms with Crippen molar-refractivity contribution in [1.29, 1.82) is 0 Å². The highest BCUT2D eigenvalue weighted by atomic mass is 16.1. The van der Waals surface area contributed by atoms with Crippen LogP contribution in [0.25, 0.3) is 11.3 Å². The molecule has 2 heterocycles. The maximum Gasteiger partial charge on any atom is 0.252 e. The van der Waals surface area contributed by atoms with Crippen LogP contribution in [0.15, 0.2) is 59.7 Å². The maximum atomic E-state index is 11.8. The van der Waals surface area contributed by atoms with E-state index in [4.69, 9.17) is 0 Å². The van der Waals surface area contributed by atoms with Gasteiger partial charge < -0.3 is 5.32 Å². The first-order valence-corrected chi connectivity index (χ1v) is 7.52. The fraction of sp³-hybridized carbons (Fsp3) is 0.167. The van der Waals surface area contributed by atoms with E-state index in [1.54, 1.807) is 12.4 Å². The topological polar surface area (TPSA) is 70.7 Å². The summed E-state index contributed by atoms with van der Waals surface area (Å²) in [6.45, 7) is 2.77. The second kappa shape index (κ2) is 6.87. The minimum absolute atomic E-state index is 0.176. The number of aryl methyl sites for hydroxylation is 1. The Labute approximate surface area is 134 Å². The van der Waals surface area contributed by atoms with Crippen LogP contribution < -0.4 is 10.9 Å². The molecule has 2 aromatic heterocycles. The van der Waals surface area contributed by atoms with Crippen LogP contribution in [-0.4, -0.2) is 21.5 Å². The highest BCUT2D eigenvalue weighted by Gasteiger charge is 2.03. The molecule has 0 aliphatic rings. The summed E-state index contributed by atoms with van der Waals surface area (Å²) in [6.07, 6.45) is 4.23. The molecule has 0 saturated carbocycles. The Bertz CT molecular complexity index is 826. The number of benzene rings is 1. The minimum atomic E-state index is -0.176. The Hall–Kier alpha value is -2.95. The van der Waals surface area contributed by atoms with Crippen LogP contribution >= 0.6 is 0 Å². The summed E-state index contributed by atoms with van der Waals surface area (Å²) in [5, 5.41) is 3.18. The molecular weight excluding hydrogens is 288 g/mol. The van der Waals surface area contributed by atoms with E-state index in [9.17, 15) is 4.79 Å². The molecule has 1 aromatic carbocycles. The molecule has 0 radical (unpaired) electrons. The lowest BCUT2D eigenvalue weighted by Gasteiger charge is -2.07. The number of nitrogens with zero attached hydrogens (tertiary/aromatic N) is 2. The first-order chi connectivity index (χ1) is 11.2. The first-order valence-electron chi connectivity index (χ1n) is 7.52. The molecule has 0 amide bonds. The van der Waals surface area contributed by atoms with Gasteiger partial charge in [0.15, 0.2) is 0 Å². The fourth-order valence-corrected chi connectivity index (χ4v) is 2.29. The fourth-order valence-electron chi connectivity index (χ4n) is 2.29. The van der Waals surface area contributed by atoms with Crippen molar-refractivity contribution in [2.75, 3.05) is 11.9 Å². The summed E-state index contributed by atoms with van der Waals surface area (Å²) in [5.74, 6) is 0.483. The van der Waals surface area contributed by atoms with Crippen molar-refractivity contribution in [3.05, 3.63) is 76.3 Å². The van der Waals surface area contributed by atoms with Crippen LogP contribution in [0.2, 0.25) is 0 Å². The number of H-pyrrole nitrogens is 1. The van der Waals surface area contributed by atoms with E-state index in [1.807, 2.05) is 12.1 Å². The van der Waals surface area contributed by atoms with Crippen LogP contribution in [0.3, 0.4) is 0 Å². The lowest BCUT2D eigenvalue weighted by atomic mass is 10.1. The van der Waals surface area contributed by atoms with Crippen LogP contribution in [0.4, 0.5) is 5.95 Å². The van der Waals surface area contributed by atoms with Crippen LogP contribution in [0.5, 0.6) is 0 Å². The van der Waals surface area contributed by atoms with E-state index in [0.717, 1.165) is 12.0 Å². The van der Waals surface area contributed by atoms with Crippen molar-refractivity contribution in [1.82, 2.24) is 15.0 Å². The van der Waals surface area contributed by atoms with Gasteiger partial charge in [-0.2, -0.15) is 0 Å². The predicted molar refractivity (Wildman–Crippen MR) is 91.5 cm³/mol. The van der Waals surface area contributed by atoms with Crippen molar-refractivity contribution in [2.24, 2.45) is 0 Å². The summed E-state index contributed by atoms with van der Waals surface area (Å²) in [6, 6.07) is 13.6. The van der Waals surface area contributed by atoms with Gasteiger partial charge in [-0.05, 0) is 31.0 Å². The molecule has 3 aromatic rings. The Kier molecular flexibility index (Phi) is 4.47. The van der Waals surface area contributed by atoms with Crippen LogP contribution in [-0.2, 0) is 6.42 Å². The third-order valence-electron chi connectivity index (χ3n) is 3.54. The largest absolute Gasteiger partial charge is 0.355 e. The van der Waals surface area contributed by atoms with Gasteiger partial charge in [-0.15, -0.1) is 0 Å². The zero-order valence-electron chi connectivity index (χ0n) is 12.9. The molecule has 0 saturated heterocycles. The molecule has 5 heteroatoms. The van der Waals surface area contributed by atoms with E-state index in [2.05, 4.69) is 51.5 Å². The summed E-state index contributed by atoms with van der Waals surface area (Å²) >= 11 is 0. The van der Waals surface area contributed by atoms with Gasteiger partial charge >= 0.3 is 0 Å². The van der Waals surface area contributed by atoms with Crippen molar-refractivity contribution in [3.63, 3.8) is 0 Å². The van der Waals surface area contributed by atoms with E-state index in [1.165, 1.54) is 17.2 Å². The van der Waals surface area contributed by atoms with Gasteiger partial charge in [-0.1, -0.05) is 29.8 Å². The quantitative estimate of drug-likeness (QED) is 0.760. The Morgan fingerprint density at radius 1 is 1.09 bits per heavy atom. The average molecular weight is 306 g/mol. The van der Waals surface area contributed by atoms with Gasteiger partial charge in [-0.25, -0.2) is 4.98 Å². The smallest absolute Gasteiger partial charge is 0.252 e. The monoisotopic (exact) mass is 306 g/mol. The van der Waals surface area contributed by atoms with Crippen molar-refractivity contribution < 1.29 is 0 Å². The number of nitrogens with one attached hydrogen (secondary N) is 2. The van der Waals surface area contributed by atoms with Gasteiger partial charge in [0, 0.05) is 30.6 Å². The Morgan fingerprint density at radius 3 is 2.57 bits per heavy atom. The van der Waals surface area contributed by atoms with Gasteiger partial charge in [0.2, 0.25) is 5.95 Å². The third kappa shape index (κ3) is 4.03. The predicted octanol–water partition coefficient (Wildman–Crippen LogP) is 2.79. The number of pyridine rings is 1. The molecule has 116 valence electrons. The highest BCUT2D eigenvalue weighted by Crippen LogP contribution is 2.14. The average Bonchev–Trinajstić information content (AvgIpc) is 2.57. The van der Waals surface area contributed by atoms with Gasteiger partial charge in [-0.3, -0.25) is 14.8 Å². The first kappa shape index (κ1) is 15.0. The SMILES string of the molecule is Cc1ccc(CCNc2nc(-c3ccncc3)cc(=O)[nH]2)cc1. The van der Waals surface area contributed by atoms with E-state index < -0.39 is 0 Å². The lowest BCUT2D eigenvalue weighted by Crippen LogP contribution is -2.14. The van der Waals surface area contributed by atoms with Gasteiger partial charge in [0.25, 0.3) is 5.56 Å². The van der Waals surface area contributed by atoms with E-state index >= 15 is 0 Å². The molecule has 0 bridgehead atoms. The van der Waals surface area contributed by atoms with Gasteiger partial charge in [0.05, 0.1) is 5.69 Å². The lowest BCUT2D eigenvalue weighted by molar-refractivity contribution is 0.977.